The van der Waals surface area contributed by atoms with Crippen molar-refractivity contribution in [3.8, 4) is 0 Å². The van der Waals surface area contributed by atoms with Crippen LogP contribution in [0.1, 0.15) is 38.4 Å². The Morgan fingerprint density at radius 2 is 2.14 bits per heavy atom. The lowest BCUT2D eigenvalue weighted by molar-refractivity contribution is 0.567. The summed E-state index contributed by atoms with van der Waals surface area (Å²) in [4.78, 5) is 4.67. The van der Waals surface area contributed by atoms with E-state index in [4.69, 9.17) is 0 Å². The summed E-state index contributed by atoms with van der Waals surface area (Å²) in [5.74, 6) is 0.675. The Morgan fingerprint density at radius 3 is 2.57 bits per heavy atom. The van der Waals surface area contributed by atoms with E-state index < -0.39 is 0 Å². The van der Waals surface area contributed by atoms with Crippen LogP contribution in [-0.4, -0.2) is 10.3 Å². The van der Waals surface area contributed by atoms with Gasteiger partial charge >= 0.3 is 0 Å². The van der Waals surface area contributed by atoms with Crippen LogP contribution >= 0.6 is 27.3 Å². The van der Waals surface area contributed by atoms with Crippen molar-refractivity contribution in [2.45, 2.75) is 39.5 Å². The van der Waals surface area contributed by atoms with Gasteiger partial charge < -0.3 is 0 Å². The fraction of sp³-hybridized carbons (Fsp3) is 0.727. The zero-order valence-electron chi connectivity index (χ0n) is 9.30. The standard InChI is InChI=1S/C11H18BrNS/c1-8(6-12)5-10-13-9(7-14-10)11(2,3)4/h7-8H,5-6H2,1-4H3. The molecule has 0 saturated carbocycles. The number of alkyl halides is 1. The molecular formula is C11H18BrNS. The molecule has 0 aliphatic carbocycles. The summed E-state index contributed by atoms with van der Waals surface area (Å²) >= 11 is 5.28. The maximum Gasteiger partial charge on any atom is 0.0931 e. The Hall–Kier alpha value is 0.110. The molecule has 0 aliphatic heterocycles. The van der Waals surface area contributed by atoms with Gasteiger partial charge in [0.05, 0.1) is 10.7 Å². The second kappa shape index (κ2) is 4.75. The minimum absolute atomic E-state index is 0.187. The average Bonchev–Trinajstić information content (AvgIpc) is 2.51. The van der Waals surface area contributed by atoms with Crippen LogP contribution in [0.25, 0.3) is 0 Å². The van der Waals surface area contributed by atoms with Gasteiger partial charge in [0.25, 0.3) is 0 Å². The van der Waals surface area contributed by atoms with Crippen LogP contribution in [0, 0.1) is 5.92 Å². The van der Waals surface area contributed by atoms with Crippen LogP contribution in [0.2, 0.25) is 0 Å². The van der Waals surface area contributed by atoms with E-state index in [9.17, 15) is 0 Å². The van der Waals surface area contributed by atoms with Crippen LogP contribution in [-0.2, 0) is 11.8 Å². The molecule has 1 rings (SSSR count). The molecule has 0 bridgehead atoms. The molecule has 80 valence electrons. The highest BCUT2D eigenvalue weighted by Crippen LogP contribution is 2.25. The van der Waals surface area contributed by atoms with Crippen molar-refractivity contribution >= 4 is 27.3 Å². The molecule has 1 unspecified atom stereocenters. The predicted molar refractivity (Wildman–Crippen MR) is 67.5 cm³/mol. The van der Waals surface area contributed by atoms with E-state index in [1.165, 1.54) is 10.7 Å². The van der Waals surface area contributed by atoms with Crippen LogP contribution in [0.15, 0.2) is 5.38 Å². The molecule has 1 aromatic rings. The molecule has 0 aromatic carbocycles. The minimum Gasteiger partial charge on any atom is -0.246 e. The molecule has 0 saturated heterocycles. The van der Waals surface area contributed by atoms with Crippen LogP contribution < -0.4 is 0 Å². The summed E-state index contributed by atoms with van der Waals surface area (Å²) in [7, 11) is 0. The van der Waals surface area contributed by atoms with Crippen molar-refractivity contribution in [2.24, 2.45) is 5.92 Å². The Morgan fingerprint density at radius 1 is 1.50 bits per heavy atom. The van der Waals surface area contributed by atoms with Gasteiger partial charge in [-0.05, 0) is 5.92 Å². The quantitative estimate of drug-likeness (QED) is 0.760. The normalized spacial score (nSPS) is 14.4. The zero-order valence-corrected chi connectivity index (χ0v) is 11.7. The van der Waals surface area contributed by atoms with Gasteiger partial charge in [-0.1, -0.05) is 43.6 Å². The maximum atomic E-state index is 4.67. The van der Waals surface area contributed by atoms with Gasteiger partial charge in [-0.3, -0.25) is 0 Å². The maximum absolute atomic E-state index is 4.67. The smallest absolute Gasteiger partial charge is 0.0931 e. The summed E-state index contributed by atoms with van der Waals surface area (Å²) in [6.45, 7) is 8.87. The molecule has 0 N–H and O–H groups in total. The van der Waals surface area contributed by atoms with Crippen LogP contribution in [0.4, 0.5) is 0 Å². The highest BCUT2D eigenvalue weighted by Gasteiger charge is 2.17. The molecule has 1 atom stereocenters. The van der Waals surface area contributed by atoms with Crippen molar-refractivity contribution in [2.75, 3.05) is 5.33 Å². The number of halogens is 1. The second-order valence-corrected chi connectivity index (χ2v) is 6.43. The third-order valence-corrected chi connectivity index (χ3v) is 4.08. The lowest BCUT2D eigenvalue weighted by atomic mass is 9.93. The first-order chi connectivity index (χ1) is 6.43. The molecule has 0 amide bonds. The molecule has 0 radical (unpaired) electrons. The van der Waals surface area contributed by atoms with E-state index in [1.54, 1.807) is 11.3 Å². The van der Waals surface area contributed by atoms with E-state index >= 15 is 0 Å². The van der Waals surface area contributed by atoms with Gasteiger partial charge in [0.1, 0.15) is 0 Å². The van der Waals surface area contributed by atoms with Gasteiger partial charge in [0, 0.05) is 22.5 Å². The third kappa shape index (κ3) is 3.35. The lowest BCUT2D eigenvalue weighted by Crippen LogP contribution is -2.11. The molecule has 1 heterocycles. The Kier molecular flexibility index (Phi) is 4.14. The van der Waals surface area contributed by atoms with Crippen molar-refractivity contribution in [3.63, 3.8) is 0 Å². The minimum atomic E-state index is 0.187. The zero-order chi connectivity index (χ0) is 10.8. The first kappa shape index (κ1) is 12.2. The van der Waals surface area contributed by atoms with E-state index in [0.717, 1.165) is 11.8 Å². The summed E-state index contributed by atoms with van der Waals surface area (Å²) in [5.41, 5.74) is 1.41. The number of thiazole rings is 1. The second-order valence-electron chi connectivity index (χ2n) is 4.84. The van der Waals surface area contributed by atoms with Gasteiger partial charge in [-0.25, -0.2) is 4.98 Å². The molecule has 0 spiro atoms. The topological polar surface area (TPSA) is 12.9 Å². The molecule has 3 heteroatoms. The van der Waals surface area contributed by atoms with Gasteiger partial charge in [0.2, 0.25) is 0 Å². The summed E-state index contributed by atoms with van der Waals surface area (Å²) in [6, 6.07) is 0. The Balaban J connectivity index is 2.69. The monoisotopic (exact) mass is 275 g/mol. The Bertz CT molecular complexity index is 288. The van der Waals surface area contributed by atoms with Gasteiger partial charge in [0.15, 0.2) is 0 Å². The summed E-state index contributed by atoms with van der Waals surface area (Å²) in [5, 5.41) is 4.51. The number of aromatic nitrogens is 1. The largest absolute Gasteiger partial charge is 0.246 e. The first-order valence-electron chi connectivity index (χ1n) is 4.94. The number of hydrogen-bond acceptors (Lipinski definition) is 2. The predicted octanol–water partition coefficient (Wildman–Crippen LogP) is 4.01. The molecule has 1 aromatic heterocycles. The molecular weight excluding hydrogens is 258 g/mol. The third-order valence-electron chi connectivity index (χ3n) is 2.11. The number of nitrogens with zero attached hydrogens (tertiary/aromatic N) is 1. The first-order valence-corrected chi connectivity index (χ1v) is 6.94. The Labute approximate surface area is 99.1 Å². The van der Waals surface area contributed by atoms with Crippen LogP contribution in [0.3, 0.4) is 0 Å². The lowest BCUT2D eigenvalue weighted by Gasteiger charge is -2.14. The molecule has 0 aliphatic rings. The fourth-order valence-corrected chi connectivity index (χ4v) is 2.52. The van der Waals surface area contributed by atoms with Crippen LogP contribution in [0.5, 0.6) is 0 Å². The SMILES string of the molecule is CC(CBr)Cc1nc(C(C)(C)C)cs1. The summed E-state index contributed by atoms with van der Waals surface area (Å²) in [6.07, 6.45) is 1.09. The highest BCUT2D eigenvalue weighted by atomic mass is 79.9. The number of hydrogen-bond donors (Lipinski definition) is 0. The fourth-order valence-electron chi connectivity index (χ4n) is 1.10. The van der Waals surface area contributed by atoms with E-state index in [1.807, 2.05) is 0 Å². The van der Waals surface area contributed by atoms with Gasteiger partial charge in [-0.2, -0.15) is 0 Å². The van der Waals surface area contributed by atoms with E-state index in [0.29, 0.717) is 5.92 Å². The van der Waals surface area contributed by atoms with Crippen molar-refractivity contribution < 1.29 is 0 Å². The highest BCUT2D eigenvalue weighted by molar-refractivity contribution is 9.09. The van der Waals surface area contributed by atoms with Gasteiger partial charge in [-0.15, -0.1) is 11.3 Å². The molecule has 14 heavy (non-hydrogen) atoms. The van der Waals surface area contributed by atoms with E-state index in [2.05, 4.69) is 54.0 Å². The molecule has 0 fully saturated rings. The average molecular weight is 276 g/mol. The molecule has 1 nitrogen and oxygen atoms in total. The number of rotatable bonds is 3. The van der Waals surface area contributed by atoms with E-state index in [-0.39, 0.29) is 5.41 Å². The van der Waals surface area contributed by atoms with Crippen molar-refractivity contribution in [3.05, 3.63) is 16.1 Å². The van der Waals surface area contributed by atoms with Crippen molar-refractivity contribution in [1.82, 2.24) is 4.98 Å². The summed E-state index contributed by atoms with van der Waals surface area (Å²) < 4.78 is 0. The van der Waals surface area contributed by atoms with Crippen molar-refractivity contribution in [1.29, 1.82) is 0 Å².